The number of H-pyrrole nitrogens is 1. The van der Waals surface area contributed by atoms with E-state index in [1.807, 2.05) is 20.8 Å². The second-order valence-corrected chi connectivity index (χ2v) is 5.85. The number of hydrogen-bond donors (Lipinski definition) is 1. The first-order chi connectivity index (χ1) is 7.80. The Morgan fingerprint density at radius 1 is 1.24 bits per heavy atom. The van der Waals surface area contributed by atoms with Gasteiger partial charge in [-0.3, -0.25) is 9.36 Å². The summed E-state index contributed by atoms with van der Waals surface area (Å²) in [6, 6.07) is 5.22. The SMILES string of the molecule is CC(C)(C)n1c(=O)[nH]c2cc(Br)ccc2c1=O. The predicted octanol–water partition coefficient (Wildman–Crippen LogP) is 2.21. The van der Waals surface area contributed by atoms with Crippen molar-refractivity contribution in [3.63, 3.8) is 0 Å². The molecule has 0 radical (unpaired) electrons. The van der Waals surface area contributed by atoms with Crippen molar-refractivity contribution in [2.24, 2.45) is 0 Å². The third-order valence-corrected chi connectivity index (χ3v) is 3.02. The molecule has 0 fully saturated rings. The van der Waals surface area contributed by atoms with Gasteiger partial charge in [-0.15, -0.1) is 0 Å². The van der Waals surface area contributed by atoms with Crippen molar-refractivity contribution in [1.29, 1.82) is 0 Å². The number of nitrogens with zero attached hydrogens (tertiary/aromatic N) is 1. The Balaban J connectivity index is 2.97. The van der Waals surface area contributed by atoms with Gasteiger partial charge in [-0.1, -0.05) is 15.9 Å². The molecule has 1 heterocycles. The Bertz CT molecular complexity index is 692. The van der Waals surface area contributed by atoms with Crippen LogP contribution in [0.15, 0.2) is 32.3 Å². The minimum absolute atomic E-state index is 0.260. The third-order valence-electron chi connectivity index (χ3n) is 2.53. The lowest BCUT2D eigenvalue weighted by atomic mass is 10.1. The summed E-state index contributed by atoms with van der Waals surface area (Å²) in [6.45, 7) is 5.48. The number of aromatic amines is 1. The zero-order valence-corrected chi connectivity index (χ0v) is 11.5. The summed E-state index contributed by atoms with van der Waals surface area (Å²) in [7, 11) is 0. The summed E-state index contributed by atoms with van der Waals surface area (Å²) in [5, 5.41) is 0.516. The predicted molar refractivity (Wildman–Crippen MR) is 71.5 cm³/mol. The van der Waals surface area contributed by atoms with Gasteiger partial charge in [0.25, 0.3) is 5.56 Å². The molecule has 0 unspecified atom stereocenters. The zero-order chi connectivity index (χ0) is 12.8. The smallest absolute Gasteiger partial charge is 0.307 e. The Kier molecular flexibility index (Phi) is 2.73. The lowest BCUT2D eigenvalue weighted by molar-refractivity contribution is 0.369. The number of hydrogen-bond acceptors (Lipinski definition) is 2. The minimum atomic E-state index is -0.536. The van der Waals surface area contributed by atoms with Crippen LogP contribution in [0.25, 0.3) is 10.9 Å². The van der Waals surface area contributed by atoms with E-state index in [1.54, 1.807) is 18.2 Å². The summed E-state index contributed by atoms with van der Waals surface area (Å²) in [5.74, 6) is 0. The number of nitrogens with one attached hydrogen (secondary N) is 1. The lowest BCUT2D eigenvalue weighted by Gasteiger charge is -2.21. The molecule has 5 heteroatoms. The molecule has 2 aromatic rings. The molecular formula is C12H13BrN2O2. The largest absolute Gasteiger partial charge is 0.329 e. The first-order valence-electron chi connectivity index (χ1n) is 5.26. The molecule has 0 amide bonds. The summed E-state index contributed by atoms with van der Waals surface area (Å²) in [6.07, 6.45) is 0. The summed E-state index contributed by atoms with van der Waals surface area (Å²) in [5.41, 5.74) is -0.627. The molecule has 90 valence electrons. The Labute approximate surface area is 106 Å². The monoisotopic (exact) mass is 296 g/mol. The van der Waals surface area contributed by atoms with Crippen LogP contribution in [-0.2, 0) is 5.54 Å². The minimum Gasteiger partial charge on any atom is -0.307 e. The van der Waals surface area contributed by atoms with E-state index in [1.165, 1.54) is 4.57 Å². The molecule has 1 aromatic heterocycles. The number of halogens is 1. The highest BCUT2D eigenvalue weighted by atomic mass is 79.9. The topological polar surface area (TPSA) is 54.9 Å². The van der Waals surface area contributed by atoms with Crippen molar-refractivity contribution in [2.75, 3.05) is 0 Å². The Hall–Kier alpha value is -1.36. The first kappa shape index (κ1) is 12.1. The van der Waals surface area contributed by atoms with E-state index >= 15 is 0 Å². The molecule has 4 nitrogen and oxygen atoms in total. The molecular weight excluding hydrogens is 284 g/mol. The Morgan fingerprint density at radius 3 is 2.47 bits per heavy atom. The lowest BCUT2D eigenvalue weighted by Crippen LogP contribution is -2.44. The van der Waals surface area contributed by atoms with Gasteiger partial charge in [0.15, 0.2) is 0 Å². The van der Waals surface area contributed by atoms with Gasteiger partial charge in [-0.05, 0) is 39.0 Å². The quantitative estimate of drug-likeness (QED) is 0.810. The van der Waals surface area contributed by atoms with Gasteiger partial charge < -0.3 is 4.98 Å². The maximum Gasteiger partial charge on any atom is 0.329 e. The molecule has 0 atom stereocenters. The van der Waals surface area contributed by atoms with E-state index in [0.717, 1.165) is 4.47 Å². The molecule has 0 aliphatic heterocycles. The average Bonchev–Trinajstić information content (AvgIpc) is 2.13. The maximum atomic E-state index is 12.2. The second-order valence-electron chi connectivity index (χ2n) is 4.93. The van der Waals surface area contributed by atoms with Crippen LogP contribution in [0.2, 0.25) is 0 Å². The molecule has 2 rings (SSSR count). The molecule has 17 heavy (non-hydrogen) atoms. The fraction of sp³-hybridized carbons (Fsp3) is 0.333. The van der Waals surface area contributed by atoms with Gasteiger partial charge in [0.05, 0.1) is 10.9 Å². The van der Waals surface area contributed by atoms with Crippen LogP contribution in [0.4, 0.5) is 0 Å². The van der Waals surface area contributed by atoms with Crippen molar-refractivity contribution in [1.82, 2.24) is 9.55 Å². The van der Waals surface area contributed by atoms with Gasteiger partial charge >= 0.3 is 5.69 Å². The van der Waals surface area contributed by atoms with Crippen LogP contribution in [-0.4, -0.2) is 9.55 Å². The number of benzene rings is 1. The highest BCUT2D eigenvalue weighted by molar-refractivity contribution is 9.10. The molecule has 0 aliphatic rings. The summed E-state index contributed by atoms with van der Waals surface area (Å²) >= 11 is 3.31. The van der Waals surface area contributed by atoms with E-state index < -0.39 is 5.54 Å². The Morgan fingerprint density at radius 2 is 1.88 bits per heavy atom. The normalized spacial score (nSPS) is 12.0. The fourth-order valence-corrected chi connectivity index (χ4v) is 2.16. The fourth-order valence-electron chi connectivity index (χ4n) is 1.80. The van der Waals surface area contributed by atoms with Crippen LogP contribution in [0.5, 0.6) is 0 Å². The molecule has 0 aliphatic carbocycles. The number of rotatable bonds is 0. The van der Waals surface area contributed by atoms with E-state index in [4.69, 9.17) is 0 Å². The van der Waals surface area contributed by atoms with E-state index in [2.05, 4.69) is 20.9 Å². The van der Waals surface area contributed by atoms with E-state index in [0.29, 0.717) is 10.9 Å². The van der Waals surface area contributed by atoms with E-state index in [9.17, 15) is 9.59 Å². The summed E-state index contributed by atoms with van der Waals surface area (Å²) < 4.78 is 2.07. The highest BCUT2D eigenvalue weighted by Crippen LogP contribution is 2.15. The summed E-state index contributed by atoms with van der Waals surface area (Å²) in [4.78, 5) is 26.9. The van der Waals surface area contributed by atoms with Crippen LogP contribution < -0.4 is 11.2 Å². The van der Waals surface area contributed by atoms with Crippen molar-refractivity contribution < 1.29 is 0 Å². The van der Waals surface area contributed by atoms with Crippen LogP contribution in [0, 0.1) is 0 Å². The van der Waals surface area contributed by atoms with Crippen LogP contribution in [0.1, 0.15) is 20.8 Å². The van der Waals surface area contributed by atoms with Crippen LogP contribution in [0.3, 0.4) is 0 Å². The van der Waals surface area contributed by atoms with Crippen molar-refractivity contribution in [2.45, 2.75) is 26.3 Å². The second kappa shape index (κ2) is 3.84. The van der Waals surface area contributed by atoms with Gasteiger partial charge in [0.1, 0.15) is 0 Å². The number of fused-ring (bicyclic) bond motifs is 1. The van der Waals surface area contributed by atoms with Crippen molar-refractivity contribution >= 4 is 26.8 Å². The van der Waals surface area contributed by atoms with Crippen molar-refractivity contribution in [3.8, 4) is 0 Å². The average molecular weight is 297 g/mol. The van der Waals surface area contributed by atoms with Crippen molar-refractivity contribution in [3.05, 3.63) is 43.5 Å². The van der Waals surface area contributed by atoms with Crippen LogP contribution >= 0.6 is 15.9 Å². The van der Waals surface area contributed by atoms with E-state index in [-0.39, 0.29) is 11.2 Å². The molecule has 0 spiro atoms. The maximum absolute atomic E-state index is 12.2. The van der Waals surface area contributed by atoms with Gasteiger partial charge in [-0.25, -0.2) is 4.79 Å². The van der Waals surface area contributed by atoms with Gasteiger partial charge in [0.2, 0.25) is 0 Å². The van der Waals surface area contributed by atoms with Gasteiger partial charge in [0, 0.05) is 10.0 Å². The molecule has 0 saturated heterocycles. The molecule has 0 saturated carbocycles. The number of aromatic nitrogens is 2. The highest BCUT2D eigenvalue weighted by Gasteiger charge is 2.19. The first-order valence-corrected chi connectivity index (χ1v) is 6.05. The third kappa shape index (κ3) is 2.07. The molecule has 1 aromatic carbocycles. The van der Waals surface area contributed by atoms with Gasteiger partial charge in [-0.2, -0.15) is 0 Å². The standard InChI is InChI=1S/C12H13BrN2O2/c1-12(2,3)15-10(16)8-5-4-7(13)6-9(8)14-11(15)17/h4-6H,1-3H3,(H,14,17). The molecule has 0 bridgehead atoms. The molecule has 1 N–H and O–H groups in total. The zero-order valence-electron chi connectivity index (χ0n) is 9.87.